The number of carbonyl (C=O) groups is 2. The topological polar surface area (TPSA) is 96.3 Å². The van der Waals surface area contributed by atoms with E-state index in [2.05, 4.69) is 26.0 Å². The van der Waals surface area contributed by atoms with Gasteiger partial charge in [0.25, 0.3) is 0 Å². The number of amides is 1. The average Bonchev–Trinajstić information content (AvgIpc) is 3.87. The lowest BCUT2D eigenvalue weighted by atomic mass is 9.64. The first-order chi connectivity index (χ1) is 25.0. The number of carbonyl (C=O) groups excluding carboxylic acids is 2. The van der Waals surface area contributed by atoms with E-state index in [-0.39, 0.29) is 24.3 Å². The summed E-state index contributed by atoms with van der Waals surface area (Å²) < 4.78 is 12.1. The molecule has 2 N–H and O–H groups in total. The molecule has 3 aromatic carbocycles. The standard InChI is InChI=1S/C44H51NO6S/c1-29-8-6-21-43(3)39(37-18-14-31(24-34(46)16-12-29)25-38(37)41(47)40-19-13-30(2)52-40)20-22-44(43,49)28-45(27-36-11-7-23-50-36)42(48)51-35-17-15-32-9-4-5-10-33(32)26-35/h4-5,8-10,13-15,17-19,25-26,34,36,39,46,49H,6-7,11-12,16,20-24,27-28H2,1-3H3/t34-,36+,39-,43-,44+/m0/s1. The molecule has 8 heteroatoms. The molecule has 3 aliphatic carbocycles. The number of aliphatic hydroxyl groups excluding tert-OH is 1. The Labute approximate surface area is 311 Å². The summed E-state index contributed by atoms with van der Waals surface area (Å²) in [6, 6.07) is 23.6. The Bertz CT molecular complexity index is 1960. The van der Waals surface area contributed by atoms with Gasteiger partial charge in [-0.25, -0.2) is 4.79 Å². The van der Waals surface area contributed by atoms with Crippen molar-refractivity contribution in [3.63, 3.8) is 0 Å². The summed E-state index contributed by atoms with van der Waals surface area (Å²) in [6.45, 7) is 7.34. The van der Waals surface area contributed by atoms with Crippen LogP contribution in [0.2, 0.25) is 0 Å². The molecular weight excluding hydrogens is 671 g/mol. The Kier molecular flexibility index (Phi) is 10.7. The number of allylic oxidation sites excluding steroid dienone is 2. The molecule has 2 heterocycles. The maximum atomic E-state index is 14.3. The van der Waals surface area contributed by atoms with Gasteiger partial charge >= 0.3 is 6.09 Å². The molecule has 274 valence electrons. The smallest absolute Gasteiger partial charge is 0.410 e. The van der Waals surface area contributed by atoms with Gasteiger partial charge in [0.2, 0.25) is 5.78 Å². The Balaban J connectivity index is 1.25. The van der Waals surface area contributed by atoms with Crippen molar-refractivity contribution in [3.8, 4) is 5.75 Å². The minimum absolute atomic E-state index is 0.0240. The van der Waals surface area contributed by atoms with Crippen LogP contribution in [0.15, 0.2) is 84.4 Å². The summed E-state index contributed by atoms with van der Waals surface area (Å²) in [4.78, 5) is 31.9. The van der Waals surface area contributed by atoms with Crippen molar-refractivity contribution >= 4 is 34.0 Å². The summed E-state index contributed by atoms with van der Waals surface area (Å²) in [7, 11) is 0. The van der Waals surface area contributed by atoms with Gasteiger partial charge in [-0.05, 0) is 130 Å². The summed E-state index contributed by atoms with van der Waals surface area (Å²) in [5, 5.41) is 26.0. The maximum absolute atomic E-state index is 14.3. The van der Waals surface area contributed by atoms with E-state index in [1.165, 1.54) is 16.9 Å². The average molecular weight is 722 g/mol. The Morgan fingerprint density at radius 1 is 0.981 bits per heavy atom. The first kappa shape index (κ1) is 36.5. The van der Waals surface area contributed by atoms with E-state index in [1.807, 2.05) is 73.7 Å². The fourth-order valence-electron chi connectivity index (χ4n) is 8.84. The summed E-state index contributed by atoms with van der Waals surface area (Å²) in [5.74, 6) is 0.289. The Hall–Kier alpha value is -3.82. The third-order valence-corrected chi connectivity index (χ3v) is 13.0. The number of hydrogen-bond acceptors (Lipinski definition) is 7. The molecule has 7 nitrogen and oxygen atoms in total. The number of aliphatic hydroxyl groups is 2. The number of ether oxygens (including phenoxy) is 2. The molecule has 1 saturated heterocycles. The van der Waals surface area contributed by atoms with E-state index in [0.29, 0.717) is 61.4 Å². The number of fused-ring (bicyclic) bond motifs is 9. The fraction of sp³-hybridized carbons (Fsp3) is 0.455. The lowest BCUT2D eigenvalue weighted by molar-refractivity contribution is -0.0831. The van der Waals surface area contributed by atoms with Crippen LogP contribution < -0.4 is 4.74 Å². The zero-order valence-electron chi connectivity index (χ0n) is 30.6. The van der Waals surface area contributed by atoms with E-state index in [4.69, 9.17) is 9.47 Å². The molecule has 1 aliphatic heterocycles. The number of aryl methyl sites for hydroxylation is 1. The highest BCUT2D eigenvalue weighted by molar-refractivity contribution is 7.14. The van der Waals surface area contributed by atoms with E-state index in [9.17, 15) is 19.8 Å². The molecule has 1 saturated carbocycles. The number of hydrogen-bond donors (Lipinski definition) is 2. The van der Waals surface area contributed by atoms with E-state index < -0.39 is 23.2 Å². The van der Waals surface area contributed by atoms with Gasteiger partial charge in [0.15, 0.2) is 0 Å². The zero-order valence-corrected chi connectivity index (χ0v) is 31.4. The predicted octanol–water partition coefficient (Wildman–Crippen LogP) is 9.16. The van der Waals surface area contributed by atoms with Crippen LogP contribution in [0.4, 0.5) is 4.79 Å². The molecule has 5 atom stereocenters. The van der Waals surface area contributed by atoms with Crippen LogP contribution in [-0.2, 0) is 11.2 Å². The van der Waals surface area contributed by atoms with Crippen molar-refractivity contribution in [1.29, 1.82) is 0 Å². The lowest BCUT2D eigenvalue weighted by Gasteiger charge is -2.46. The molecule has 0 spiro atoms. The van der Waals surface area contributed by atoms with Crippen molar-refractivity contribution in [1.82, 2.24) is 4.90 Å². The van der Waals surface area contributed by atoms with Crippen LogP contribution in [0.5, 0.6) is 5.75 Å². The molecule has 1 amide bonds. The zero-order chi connectivity index (χ0) is 36.5. The molecule has 0 unspecified atom stereocenters. The van der Waals surface area contributed by atoms with Crippen LogP contribution in [0.25, 0.3) is 10.8 Å². The molecule has 2 bridgehead atoms. The van der Waals surface area contributed by atoms with Gasteiger partial charge in [0.05, 0.1) is 35.8 Å². The quantitative estimate of drug-likeness (QED) is 0.146. The van der Waals surface area contributed by atoms with Crippen molar-refractivity contribution in [2.75, 3.05) is 19.7 Å². The number of nitrogens with zero attached hydrogens (tertiary/aromatic N) is 1. The normalized spacial score (nSPS) is 26.5. The first-order valence-corrected chi connectivity index (χ1v) is 19.7. The molecule has 2 fully saturated rings. The SMILES string of the molecule is CC1=CCC[C@@]2(C)[C@@H](CC[C@@]2(O)CN(C[C@H]2CCCO2)C(=O)Oc2ccc3ccccc3c2)c2ccc(cc2C(=O)c2ccc(C)s2)C[C@@H](O)CC1. The van der Waals surface area contributed by atoms with E-state index >= 15 is 0 Å². The highest BCUT2D eigenvalue weighted by atomic mass is 32.1. The number of thiophene rings is 1. The van der Waals surface area contributed by atoms with Crippen LogP contribution >= 0.6 is 11.3 Å². The third kappa shape index (κ3) is 7.63. The molecule has 0 radical (unpaired) electrons. The molecular formula is C44H51NO6S. The van der Waals surface area contributed by atoms with Gasteiger partial charge in [0, 0.05) is 22.5 Å². The largest absolute Gasteiger partial charge is 0.415 e. The second-order valence-corrected chi connectivity index (χ2v) is 16.9. The van der Waals surface area contributed by atoms with Gasteiger partial charge in [-0.2, -0.15) is 0 Å². The molecule has 4 aromatic rings. The third-order valence-electron chi connectivity index (χ3n) is 12.0. The molecule has 8 rings (SSSR count). The summed E-state index contributed by atoms with van der Waals surface area (Å²) in [6.07, 6.45) is 7.28. The van der Waals surface area contributed by atoms with Gasteiger partial charge in [0.1, 0.15) is 5.75 Å². The van der Waals surface area contributed by atoms with Crippen LogP contribution in [0.3, 0.4) is 0 Å². The van der Waals surface area contributed by atoms with Crippen LogP contribution in [-0.4, -0.2) is 64.5 Å². The molecule has 1 aromatic heterocycles. The Morgan fingerprint density at radius 2 is 1.81 bits per heavy atom. The van der Waals surface area contributed by atoms with Gasteiger partial charge < -0.3 is 24.6 Å². The highest BCUT2D eigenvalue weighted by Gasteiger charge is 2.58. The number of rotatable bonds is 7. The van der Waals surface area contributed by atoms with Crippen molar-refractivity contribution in [2.45, 2.75) is 102 Å². The van der Waals surface area contributed by atoms with E-state index in [1.54, 1.807) is 4.90 Å². The second kappa shape index (κ2) is 15.3. The van der Waals surface area contributed by atoms with Crippen molar-refractivity contribution < 1.29 is 29.3 Å². The predicted molar refractivity (Wildman–Crippen MR) is 206 cm³/mol. The minimum atomic E-state index is -1.27. The Morgan fingerprint density at radius 3 is 2.58 bits per heavy atom. The fourth-order valence-corrected chi connectivity index (χ4v) is 9.66. The van der Waals surface area contributed by atoms with Crippen LogP contribution in [0.1, 0.15) is 102 Å². The van der Waals surface area contributed by atoms with Crippen LogP contribution in [0, 0.1) is 12.3 Å². The summed E-state index contributed by atoms with van der Waals surface area (Å²) in [5.41, 5.74) is 1.76. The van der Waals surface area contributed by atoms with Gasteiger partial charge in [-0.3, -0.25) is 4.79 Å². The first-order valence-electron chi connectivity index (χ1n) is 18.9. The summed E-state index contributed by atoms with van der Waals surface area (Å²) >= 11 is 1.49. The second-order valence-electron chi connectivity index (χ2n) is 15.6. The van der Waals surface area contributed by atoms with Gasteiger partial charge in [-0.15, -0.1) is 11.3 Å². The van der Waals surface area contributed by atoms with E-state index in [0.717, 1.165) is 52.5 Å². The molecule has 52 heavy (non-hydrogen) atoms. The molecule has 4 aliphatic rings. The maximum Gasteiger partial charge on any atom is 0.415 e. The minimum Gasteiger partial charge on any atom is -0.410 e. The monoisotopic (exact) mass is 721 g/mol. The van der Waals surface area contributed by atoms with Crippen molar-refractivity contribution in [3.05, 3.63) is 111 Å². The van der Waals surface area contributed by atoms with Gasteiger partial charge in [-0.1, -0.05) is 61.0 Å². The highest BCUT2D eigenvalue weighted by Crippen LogP contribution is 2.59. The number of ketones is 1. The van der Waals surface area contributed by atoms with Crippen molar-refractivity contribution in [2.24, 2.45) is 5.41 Å². The lowest BCUT2D eigenvalue weighted by Crippen LogP contribution is -2.55. The number of benzene rings is 3.